The number of nitrogens with zero attached hydrogens (tertiary/aromatic N) is 2. The van der Waals surface area contributed by atoms with Gasteiger partial charge in [0, 0.05) is 30.7 Å². The van der Waals surface area contributed by atoms with Gasteiger partial charge in [-0.05, 0) is 78.4 Å². The normalized spacial score (nSPS) is 28.9. The highest BCUT2D eigenvalue weighted by Gasteiger charge is 2.27. The first-order valence-corrected chi connectivity index (χ1v) is 9.66. The van der Waals surface area contributed by atoms with Crippen LogP contribution in [0, 0.1) is 5.92 Å². The lowest BCUT2D eigenvalue weighted by Gasteiger charge is -2.40. The second-order valence-electron chi connectivity index (χ2n) is 8.34. The molecule has 130 valence electrons. The van der Waals surface area contributed by atoms with Crippen molar-refractivity contribution in [3.05, 3.63) is 0 Å². The fourth-order valence-corrected chi connectivity index (χ4v) is 4.38. The number of piperidine rings is 1. The van der Waals surface area contributed by atoms with Gasteiger partial charge in [0.2, 0.25) is 0 Å². The van der Waals surface area contributed by atoms with Gasteiger partial charge in [-0.2, -0.15) is 0 Å². The van der Waals surface area contributed by atoms with Crippen molar-refractivity contribution in [1.82, 2.24) is 15.1 Å². The SMILES string of the molecule is CC(C)NC1CCC(CN(C)C2CCN(C(C)C)CC2)CC1. The van der Waals surface area contributed by atoms with E-state index in [9.17, 15) is 0 Å². The lowest BCUT2D eigenvalue weighted by atomic mass is 9.85. The van der Waals surface area contributed by atoms with Crippen LogP contribution in [0.1, 0.15) is 66.2 Å². The Bertz CT molecular complexity index is 300. The van der Waals surface area contributed by atoms with Crippen LogP contribution in [-0.4, -0.2) is 60.6 Å². The van der Waals surface area contributed by atoms with Crippen LogP contribution in [0.5, 0.6) is 0 Å². The molecule has 2 aliphatic rings. The summed E-state index contributed by atoms with van der Waals surface area (Å²) >= 11 is 0. The van der Waals surface area contributed by atoms with Crippen molar-refractivity contribution >= 4 is 0 Å². The van der Waals surface area contributed by atoms with Crippen molar-refractivity contribution in [3.63, 3.8) is 0 Å². The monoisotopic (exact) mass is 309 g/mol. The summed E-state index contributed by atoms with van der Waals surface area (Å²) in [5.74, 6) is 0.929. The standard InChI is InChI=1S/C19H39N3/c1-15(2)20-18-8-6-17(7-9-18)14-21(5)19-10-12-22(13-11-19)16(3)4/h15-20H,6-14H2,1-5H3. The molecule has 22 heavy (non-hydrogen) atoms. The van der Waals surface area contributed by atoms with Crippen LogP contribution in [0.3, 0.4) is 0 Å². The van der Waals surface area contributed by atoms with Crippen LogP contribution >= 0.6 is 0 Å². The first-order valence-electron chi connectivity index (χ1n) is 9.66. The molecule has 0 amide bonds. The van der Waals surface area contributed by atoms with E-state index < -0.39 is 0 Å². The Hall–Kier alpha value is -0.120. The van der Waals surface area contributed by atoms with Crippen molar-refractivity contribution in [2.24, 2.45) is 5.92 Å². The Labute approximate surface area is 138 Å². The number of nitrogens with one attached hydrogen (secondary N) is 1. The van der Waals surface area contributed by atoms with E-state index in [-0.39, 0.29) is 0 Å². The fourth-order valence-electron chi connectivity index (χ4n) is 4.38. The Morgan fingerprint density at radius 1 is 0.955 bits per heavy atom. The van der Waals surface area contributed by atoms with Gasteiger partial charge in [-0.25, -0.2) is 0 Å². The topological polar surface area (TPSA) is 18.5 Å². The zero-order valence-corrected chi connectivity index (χ0v) is 15.6. The summed E-state index contributed by atoms with van der Waals surface area (Å²) < 4.78 is 0. The number of rotatable bonds is 6. The molecular formula is C19H39N3. The Balaban J connectivity index is 1.67. The maximum absolute atomic E-state index is 3.72. The fraction of sp³-hybridized carbons (Fsp3) is 1.00. The first-order chi connectivity index (χ1) is 10.5. The molecule has 0 radical (unpaired) electrons. The molecule has 3 heteroatoms. The average molecular weight is 310 g/mol. The minimum atomic E-state index is 0.635. The minimum absolute atomic E-state index is 0.635. The predicted octanol–water partition coefficient (Wildman–Crippen LogP) is 3.35. The largest absolute Gasteiger partial charge is 0.312 e. The maximum atomic E-state index is 3.72. The predicted molar refractivity (Wildman–Crippen MR) is 96.4 cm³/mol. The van der Waals surface area contributed by atoms with Crippen LogP contribution in [0.15, 0.2) is 0 Å². The van der Waals surface area contributed by atoms with E-state index in [1.807, 2.05) is 0 Å². The van der Waals surface area contributed by atoms with Gasteiger partial charge >= 0.3 is 0 Å². The summed E-state index contributed by atoms with van der Waals surface area (Å²) in [5.41, 5.74) is 0. The molecule has 0 spiro atoms. The van der Waals surface area contributed by atoms with Gasteiger partial charge in [0.1, 0.15) is 0 Å². The molecule has 1 heterocycles. The zero-order valence-electron chi connectivity index (χ0n) is 15.6. The third kappa shape index (κ3) is 5.50. The Kier molecular flexibility index (Phi) is 7.17. The molecule has 2 rings (SSSR count). The van der Waals surface area contributed by atoms with E-state index in [0.717, 1.165) is 24.0 Å². The first kappa shape index (κ1) is 18.2. The lowest BCUT2D eigenvalue weighted by molar-refractivity contribution is 0.0911. The highest BCUT2D eigenvalue weighted by Crippen LogP contribution is 2.27. The van der Waals surface area contributed by atoms with Crippen molar-refractivity contribution in [3.8, 4) is 0 Å². The average Bonchev–Trinajstić information content (AvgIpc) is 2.49. The number of hydrogen-bond acceptors (Lipinski definition) is 3. The van der Waals surface area contributed by atoms with Gasteiger partial charge in [0.25, 0.3) is 0 Å². The third-order valence-corrected chi connectivity index (χ3v) is 5.81. The molecule has 0 aromatic heterocycles. The van der Waals surface area contributed by atoms with Crippen molar-refractivity contribution in [2.75, 3.05) is 26.7 Å². The van der Waals surface area contributed by atoms with Crippen LogP contribution in [0.4, 0.5) is 0 Å². The molecule has 0 atom stereocenters. The summed E-state index contributed by atoms with van der Waals surface area (Å²) in [4.78, 5) is 5.31. The summed E-state index contributed by atoms with van der Waals surface area (Å²) in [7, 11) is 2.37. The van der Waals surface area contributed by atoms with Crippen LogP contribution in [-0.2, 0) is 0 Å². The molecule has 0 unspecified atom stereocenters. The van der Waals surface area contributed by atoms with Gasteiger partial charge < -0.3 is 15.1 Å². The Morgan fingerprint density at radius 3 is 2.05 bits per heavy atom. The molecule has 0 aromatic carbocycles. The lowest BCUT2D eigenvalue weighted by Crippen LogP contribution is -2.47. The van der Waals surface area contributed by atoms with Gasteiger partial charge in [-0.3, -0.25) is 0 Å². The summed E-state index contributed by atoms with van der Waals surface area (Å²) in [6.45, 7) is 13.1. The van der Waals surface area contributed by atoms with Crippen LogP contribution < -0.4 is 5.32 Å². The molecular weight excluding hydrogens is 270 g/mol. The summed E-state index contributed by atoms with van der Waals surface area (Å²) in [6.07, 6.45) is 8.31. The van der Waals surface area contributed by atoms with Gasteiger partial charge in [-0.15, -0.1) is 0 Å². The van der Waals surface area contributed by atoms with Gasteiger partial charge in [-0.1, -0.05) is 13.8 Å². The molecule has 3 nitrogen and oxygen atoms in total. The van der Waals surface area contributed by atoms with Crippen molar-refractivity contribution in [1.29, 1.82) is 0 Å². The highest BCUT2D eigenvalue weighted by atomic mass is 15.2. The smallest absolute Gasteiger partial charge is 0.0117 e. The molecule has 1 aliphatic heterocycles. The van der Waals surface area contributed by atoms with Crippen LogP contribution in [0.2, 0.25) is 0 Å². The number of hydrogen-bond donors (Lipinski definition) is 1. The highest BCUT2D eigenvalue weighted by molar-refractivity contribution is 4.83. The van der Waals surface area contributed by atoms with E-state index in [2.05, 4.69) is 49.9 Å². The van der Waals surface area contributed by atoms with Gasteiger partial charge in [0.05, 0.1) is 0 Å². The molecule has 2 fully saturated rings. The van der Waals surface area contributed by atoms with E-state index in [1.165, 1.54) is 58.2 Å². The molecule has 1 saturated carbocycles. The maximum Gasteiger partial charge on any atom is 0.0117 e. The third-order valence-electron chi connectivity index (χ3n) is 5.81. The van der Waals surface area contributed by atoms with E-state index in [0.29, 0.717) is 6.04 Å². The summed E-state index contributed by atoms with van der Waals surface area (Å²) in [5, 5.41) is 3.72. The molecule has 1 N–H and O–H groups in total. The second-order valence-corrected chi connectivity index (χ2v) is 8.34. The summed E-state index contributed by atoms with van der Waals surface area (Å²) in [6, 6.07) is 2.95. The Morgan fingerprint density at radius 2 is 1.55 bits per heavy atom. The quantitative estimate of drug-likeness (QED) is 0.812. The molecule has 1 saturated heterocycles. The molecule has 1 aliphatic carbocycles. The minimum Gasteiger partial charge on any atom is -0.312 e. The van der Waals surface area contributed by atoms with Crippen molar-refractivity contribution in [2.45, 2.75) is 90.4 Å². The van der Waals surface area contributed by atoms with Gasteiger partial charge in [0.15, 0.2) is 0 Å². The van der Waals surface area contributed by atoms with E-state index >= 15 is 0 Å². The van der Waals surface area contributed by atoms with E-state index in [1.54, 1.807) is 0 Å². The van der Waals surface area contributed by atoms with Crippen molar-refractivity contribution < 1.29 is 0 Å². The molecule has 0 aromatic rings. The number of likely N-dealkylation sites (tertiary alicyclic amines) is 1. The molecule has 0 bridgehead atoms. The van der Waals surface area contributed by atoms with Crippen LogP contribution in [0.25, 0.3) is 0 Å². The zero-order chi connectivity index (χ0) is 16.1. The second kappa shape index (κ2) is 8.65. The van der Waals surface area contributed by atoms with E-state index in [4.69, 9.17) is 0 Å².